The Balaban J connectivity index is 1.99. The third-order valence-corrected chi connectivity index (χ3v) is 3.58. The summed E-state index contributed by atoms with van der Waals surface area (Å²) < 4.78 is 11.2. The summed E-state index contributed by atoms with van der Waals surface area (Å²) in [6, 6.07) is 11.3. The highest BCUT2D eigenvalue weighted by atomic mass is 35.5. The van der Waals surface area contributed by atoms with Gasteiger partial charge in [-0.3, -0.25) is 0 Å². The molecule has 5 nitrogen and oxygen atoms in total. The number of nitrogens with one attached hydrogen (secondary N) is 1. The molecular formula is C18H20ClN3O2. The second-order valence-electron chi connectivity index (χ2n) is 4.96. The highest BCUT2D eigenvalue weighted by Gasteiger charge is 2.07. The molecule has 2 aromatic rings. The van der Waals surface area contributed by atoms with E-state index in [1.165, 1.54) is 0 Å². The molecule has 1 heterocycles. The lowest BCUT2D eigenvalue weighted by molar-refractivity contribution is 0.287. The number of hydrogen-bond acceptors (Lipinski definition) is 5. The van der Waals surface area contributed by atoms with Crippen molar-refractivity contribution in [1.82, 2.24) is 4.98 Å². The molecule has 126 valence electrons. The topological polar surface area (TPSA) is 67.2 Å². The molecule has 24 heavy (non-hydrogen) atoms. The quantitative estimate of drug-likeness (QED) is 0.781. The van der Waals surface area contributed by atoms with Crippen LogP contribution in [0, 0.1) is 11.3 Å². The van der Waals surface area contributed by atoms with E-state index in [1.807, 2.05) is 38.1 Å². The summed E-state index contributed by atoms with van der Waals surface area (Å²) in [5, 5.41) is 12.5. The van der Waals surface area contributed by atoms with Crippen LogP contribution in [0.2, 0.25) is 5.02 Å². The molecule has 0 spiro atoms. The fourth-order valence-electron chi connectivity index (χ4n) is 2.20. The molecule has 0 radical (unpaired) electrons. The number of anilines is 1. The predicted molar refractivity (Wildman–Crippen MR) is 94.9 cm³/mol. The van der Waals surface area contributed by atoms with Gasteiger partial charge in [-0.1, -0.05) is 17.7 Å². The molecule has 1 N–H and O–H groups in total. The molecule has 1 aromatic carbocycles. The lowest BCUT2D eigenvalue weighted by Gasteiger charge is -2.13. The van der Waals surface area contributed by atoms with Crippen molar-refractivity contribution in [2.45, 2.75) is 20.3 Å². The monoisotopic (exact) mass is 345 g/mol. The number of hydrogen-bond donors (Lipinski definition) is 1. The second kappa shape index (κ2) is 8.99. The minimum atomic E-state index is 0.223. The Morgan fingerprint density at radius 3 is 2.58 bits per heavy atom. The Bertz CT molecular complexity index is 729. The van der Waals surface area contributed by atoms with E-state index >= 15 is 0 Å². The van der Waals surface area contributed by atoms with Crippen LogP contribution < -0.4 is 14.8 Å². The number of nitrogens with zero attached hydrogens (tertiary/aromatic N) is 2. The third-order valence-electron chi connectivity index (χ3n) is 3.28. The normalized spacial score (nSPS) is 10.1. The van der Waals surface area contributed by atoms with Gasteiger partial charge in [-0.2, -0.15) is 5.26 Å². The molecule has 0 unspecified atom stereocenters. The van der Waals surface area contributed by atoms with Gasteiger partial charge in [0.15, 0.2) is 17.2 Å². The van der Waals surface area contributed by atoms with Gasteiger partial charge < -0.3 is 14.8 Å². The molecule has 0 bridgehead atoms. The van der Waals surface area contributed by atoms with Crippen LogP contribution in [0.25, 0.3) is 0 Å². The van der Waals surface area contributed by atoms with Crippen LogP contribution in [0.3, 0.4) is 0 Å². The van der Waals surface area contributed by atoms with Crippen LogP contribution in [0.1, 0.15) is 25.1 Å². The number of ether oxygens (including phenoxy) is 2. The predicted octanol–water partition coefficient (Wildman–Crippen LogP) is 4.06. The van der Waals surface area contributed by atoms with Gasteiger partial charge in [0.05, 0.1) is 18.2 Å². The van der Waals surface area contributed by atoms with Crippen LogP contribution in [-0.2, 0) is 6.42 Å². The molecule has 6 heteroatoms. The summed E-state index contributed by atoms with van der Waals surface area (Å²) in [5.41, 5.74) is 1.35. The van der Waals surface area contributed by atoms with E-state index in [0.717, 1.165) is 23.5 Å². The Morgan fingerprint density at radius 1 is 1.12 bits per heavy atom. The average Bonchev–Trinajstić information content (AvgIpc) is 2.59. The molecule has 0 saturated heterocycles. The second-order valence-corrected chi connectivity index (χ2v) is 5.37. The number of aromatic nitrogens is 1. The smallest absolute Gasteiger partial charge is 0.161 e. The largest absolute Gasteiger partial charge is 0.490 e. The van der Waals surface area contributed by atoms with Gasteiger partial charge in [0.1, 0.15) is 11.9 Å². The van der Waals surface area contributed by atoms with Crippen molar-refractivity contribution in [1.29, 1.82) is 5.26 Å². The van der Waals surface area contributed by atoms with Crippen LogP contribution in [0.5, 0.6) is 11.5 Å². The van der Waals surface area contributed by atoms with Crippen molar-refractivity contribution in [2.75, 3.05) is 25.1 Å². The molecular weight excluding hydrogens is 326 g/mol. The zero-order chi connectivity index (χ0) is 17.4. The SMILES string of the molecule is CCOc1ccc(CCNc2ccc(Cl)c(C#N)n2)cc1OCC. The van der Waals surface area contributed by atoms with Crippen molar-refractivity contribution < 1.29 is 9.47 Å². The summed E-state index contributed by atoms with van der Waals surface area (Å²) in [7, 11) is 0. The summed E-state index contributed by atoms with van der Waals surface area (Å²) in [4.78, 5) is 4.16. The lowest BCUT2D eigenvalue weighted by atomic mass is 10.1. The highest BCUT2D eigenvalue weighted by molar-refractivity contribution is 6.31. The van der Waals surface area contributed by atoms with Crippen molar-refractivity contribution in [2.24, 2.45) is 0 Å². The van der Waals surface area contributed by atoms with Gasteiger partial charge in [-0.25, -0.2) is 4.98 Å². The van der Waals surface area contributed by atoms with Gasteiger partial charge >= 0.3 is 0 Å². The van der Waals surface area contributed by atoms with Crippen LogP contribution in [0.4, 0.5) is 5.82 Å². The molecule has 0 amide bonds. The van der Waals surface area contributed by atoms with E-state index in [4.69, 9.17) is 26.3 Å². The Hall–Kier alpha value is -2.45. The maximum Gasteiger partial charge on any atom is 0.161 e. The standard InChI is InChI=1S/C18H20ClN3O2/c1-3-23-16-7-5-13(11-17(16)24-4-2)9-10-21-18-8-6-14(19)15(12-20)22-18/h5-8,11H,3-4,9-10H2,1-2H3,(H,21,22). The van der Waals surface area contributed by atoms with Crippen LogP contribution >= 0.6 is 11.6 Å². The fraction of sp³-hybridized carbons (Fsp3) is 0.333. The molecule has 0 aliphatic rings. The zero-order valence-electron chi connectivity index (χ0n) is 13.8. The van der Waals surface area contributed by atoms with Gasteiger partial charge in [0, 0.05) is 6.54 Å². The number of nitriles is 1. The minimum absolute atomic E-state index is 0.223. The van der Waals surface area contributed by atoms with E-state index in [0.29, 0.717) is 30.6 Å². The maximum atomic E-state index is 8.95. The first-order valence-corrected chi connectivity index (χ1v) is 8.24. The van der Waals surface area contributed by atoms with Crippen molar-refractivity contribution in [3.8, 4) is 17.6 Å². The molecule has 0 aliphatic heterocycles. The summed E-state index contributed by atoms with van der Waals surface area (Å²) in [6.07, 6.45) is 0.790. The number of halogens is 1. The first-order valence-electron chi connectivity index (χ1n) is 7.87. The molecule has 0 atom stereocenters. The average molecular weight is 346 g/mol. The van der Waals surface area contributed by atoms with E-state index in [9.17, 15) is 0 Å². The van der Waals surface area contributed by atoms with Crippen molar-refractivity contribution in [3.05, 3.63) is 46.6 Å². The van der Waals surface area contributed by atoms with Crippen LogP contribution in [-0.4, -0.2) is 24.7 Å². The van der Waals surface area contributed by atoms with Gasteiger partial charge in [-0.05, 0) is 50.1 Å². The van der Waals surface area contributed by atoms with E-state index < -0.39 is 0 Å². The first-order chi connectivity index (χ1) is 11.7. The first kappa shape index (κ1) is 17.9. The summed E-state index contributed by atoms with van der Waals surface area (Å²) >= 11 is 5.88. The number of benzene rings is 1. The Morgan fingerprint density at radius 2 is 1.88 bits per heavy atom. The van der Waals surface area contributed by atoms with Crippen molar-refractivity contribution in [3.63, 3.8) is 0 Å². The summed E-state index contributed by atoms with van der Waals surface area (Å²) in [6.45, 7) is 5.77. The molecule has 0 aliphatic carbocycles. The van der Waals surface area contributed by atoms with E-state index in [1.54, 1.807) is 12.1 Å². The molecule has 0 saturated carbocycles. The Kier molecular flexibility index (Phi) is 6.71. The number of rotatable bonds is 8. The fourth-order valence-corrected chi connectivity index (χ4v) is 2.35. The van der Waals surface area contributed by atoms with Gasteiger partial charge in [0.2, 0.25) is 0 Å². The van der Waals surface area contributed by atoms with Crippen LogP contribution in [0.15, 0.2) is 30.3 Å². The lowest BCUT2D eigenvalue weighted by Crippen LogP contribution is -2.07. The van der Waals surface area contributed by atoms with Gasteiger partial charge in [-0.15, -0.1) is 0 Å². The highest BCUT2D eigenvalue weighted by Crippen LogP contribution is 2.28. The summed E-state index contributed by atoms with van der Waals surface area (Å²) in [5.74, 6) is 2.15. The van der Waals surface area contributed by atoms with Crippen molar-refractivity contribution >= 4 is 17.4 Å². The van der Waals surface area contributed by atoms with E-state index in [-0.39, 0.29) is 5.69 Å². The maximum absolute atomic E-state index is 8.95. The zero-order valence-corrected chi connectivity index (χ0v) is 14.6. The molecule has 0 fully saturated rings. The number of pyridine rings is 1. The Labute approximate surface area is 147 Å². The van der Waals surface area contributed by atoms with E-state index in [2.05, 4.69) is 10.3 Å². The molecule has 1 aromatic heterocycles. The molecule has 2 rings (SSSR count). The third kappa shape index (κ3) is 4.77. The van der Waals surface area contributed by atoms with Gasteiger partial charge in [0.25, 0.3) is 0 Å². The minimum Gasteiger partial charge on any atom is -0.490 e.